The average molecular weight is 424 g/mol. The van der Waals surface area contributed by atoms with Crippen molar-refractivity contribution in [2.75, 3.05) is 27.2 Å². The molecule has 0 aliphatic carbocycles. The first-order valence-corrected chi connectivity index (χ1v) is 10.6. The van der Waals surface area contributed by atoms with Crippen LogP contribution in [0.2, 0.25) is 0 Å². The van der Waals surface area contributed by atoms with Gasteiger partial charge in [0.1, 0.15) is 11.9 Å². The van der Waals surface area contributed by atoms with Gasteiger partial charge in [-0.3, -0.25) is 4.79 Å². The quantitative estimate of drug-likeness (QED) is 0.740. The summed E-state index contributed by atoms with van der Waals surface area (Å²) in [5.74, 6) is -1.83. The molecule has 1 heterocycles. The zero-order valence-electron chi connectivity index (χ0n) is 16.1. The number of nitrogens with zero attached hydrogens (tertiary/aromatic N) is 2. The predicted octanol–water partition coefficient (Wildman–Crippen LogP) is 2.90. The minimum atomic E-state index is -3.55. The second kappa shape index (κ2) is 8.46. The van der Waals surface area contributed by atoms with Crippen molar-refractivity contribution < 1.29 is 26.7 Å². The molecule has 1 amide bonds. The molecule has 0 spiro atoms. The van der Waals surface area contributed by atoms with Gasteiger partial charge in [-0.2, -0.15) is 0 Å². The van der Waals surface area contributed by atoms with E-state index < -0.39 is 21.7 Å². The van der Waals surface area contributed by atoms with Crippen LogP contribution in [0.1, 0.15) is 23.2 Å². The van der Waals surface area contributed by atoms with Gasteiger partial charge in [-0.1, -0.05) is 0 Å². The highest BCUT2D eigenvalue weighted by Gasteiger charge is 2.25. The van der Waals surface area contributed by atoms with E-state index in [-0.39, 0.29) is 22.7 Å². The molecule has 1 aliphatic rings. The van der Waals surface area contributed by atoms with E-state index in [9.17, 15) is 22.0 Å². The number of hydrogen-bond acceptors (Lipinski definition) is 4. The lowest BCUT2D eigenvalue weighted by atomic mass is 10.1. The summed E-state index contributed by atoms with van der Waals surface area (Å²) in [5.41, 5.74) is 0.405. The largest absolute Gasteiger partial charge is 0.490 e. The van der Waals surface area contributed by atoms with Crippen LogP contribution in [-0.4, -0.2) is 56.8 Å². The molecule has 0 N–H and O–H groups in total. The molecule has 1 fully saturated rings. The fourth-order valence-corrected chi connectivity index (χ4v) is 3.98. The molecule has 0 aromatic heterocycles. The van der Waals surface area contributed by atoms with E-state index in [1.165, 1.54) is 44.4 Å². The standard InChI is InChI=1S/C20H22F2N2O4S/c1-23(2)29(26,27)17-6-3-14(4-7-17)20(25)24-11-9-15(10-12-24)28-16-5-8-18(21)19(22)13-16/h3-8,13,15H,9-12H2,1-2H3. The highest BCUT2D eigenvalue weighted by molar-refractivity contribution is 7.89. The zero-order valence-corrected chi connectivity index (χ0v) is 17.0. The third kappa shape index (κ3) is 4.73. The van der Waals surface area contributed by atoms with E-state index in [0.29, 0.717) is 31.5 Å². The van der Waals surface area contributed by atoms with Crippen LogP contribution in [-0.2, 0) is 10.0 Å². The number of carbonyl (C=O) groups is 1. The summed E-state index contributed by atoms with van der Waals surface area (Å²) in [6.07, 6.45) is 0.909. The predicted molar refractivity (Wildman–Crippen MR) is 103 cm³/mol. The Bertz CT molecular complexity index is 986. The molecular formula is C20H22F2N2O4S. The second-order valence-corrected chi connectivity index (χ2v) is 9.15. The molecule has 156 valence electrons. The molecule has 6 nitrogen and oxygen atoms in total. The molecule has 9 heteroatoms. The molecule has 0 bridgehead atoms. The maximum absolute atomic E-state index is 13.3. The van der Waals surface area contributed by atoms with Crippen LogP contribution in [0.25, 0.3) is 0 Å². The SMILES string of the molecule is CN(C)S(=O)(=O)c1ccc(C(=O)N2CCC(Oc3ccc(F)c(F)c3)CC2)cc1. The summed E-state index contributed by atoms with van der Waals surface area (Å²) in [6.45, 7) is 0.899. The first-order chi connectivity index (χ1) is 13.7. The molecule has 1 aliphatic heterocycles. The normalized spacial score (nSPS) is 15.6. The van der Waals surface area contributed by atoms with Crippen molar-refractivity contribution in [1.82, 2.24) is 9.21 Å². The maximum atomic E-state index is 13.3. The van der Waals surface area contributed by atoms with Crippen LogP contribution < -0.4 is 4.74 Å². The van der Waals surface area contributed by atoms with Crippen molar-refractivity contribution in [2.24, 2.45) is 0 Å². The van der Waals surface area contributed by atoms with Gasteiger partial charge < -0.3 is 9.64 Å². The van der Waals surface area contributed by atoms with Crippen LogP contribution in [0.5, 0.6) is 5.75 Å². The lowest BCUT2D eigenvalue weighted by Crippen LogP contribution is -2.41. The smallest absolute Gasteiger partial charge is 0.253 e. The Hall–Kier alpha value is -2.52. The number of piperidine rings is 1. The van der Waals surface area contributed by atoms with Gasteiger partial charge in [0.15, 0.2) is 11.6 Å². The van der Waals surface area contributed by atoms with Gasteiger partial charge >= 0.3 is 0 Å². The Balaban J connectivity index is 1.59. The molecule has 0 radical (unpaired) electrons. The zero-order chi connectivity index (χ0) is 21.2. The number of amides is 1. The van der Waals surface area contributed by atoms with Crippen LogP contribution >= 0.6 is 0 Å². The number of hydrogen-bond donors (Lipinski definition) is 0. The van der Waals surface area contributed by atoms with Gasteiger partial charge in [0.2, 0.25) is 10.0 Å². The minimum Gasteiger partial charge on any atom is -0.490 e. The van der Waals surface area contributed by atoms with E-state index in [0.717, 1.165) is 16.4 Å². The topological polar surface area (TPSA) is 66.9 Å². The van der Waals surface area contributed by atoms with E-state index in [1.54, 1.807) is 4.90 Å². The fourth-order valence-electron chi connectivity index (χ4n) is 3.08. The number of halogens is 2. The van der Waals surface area contributed by atoms with Gasteiger partial charge in [-0.05, 0) is 36.4 Å². The number of rotatable bonds is 5. The van der Waals surface area contributed by atoms with Crippen LogP contribution in [0.15, 0.2) is 47.4 Å². The molecule has 29 heavy (non-hydrogen) atoms. The minimum absolute atomic E-state index is 0.123. The lowest BCUT2D eigenvalue weighted by molar-refractivity contribution is 0.0595. The lowest BCUT2D eigenvalue weighted by Gasteiger charge is -2.32. The number of ether oxygens (including phenoxy) is 1. The molecule has 1 saturated heterocycles. The number of likely N-dealkylation sites (tertiary alicyclic amines) is 1. The van der Waals surface area contributed by atoms with E-state index in [2.05, 4.69) is 0 Å². The van der Waals surface area contributed by atoms with Crippen molar-refractivity contribution in [3.8, 4) is 5.75 Å². The number of sulfonamides is 1. The summed E-state index contributed by atoms with van der Waals surface area (Å²) in [4.78, 5) is 14.5. The Morgan fingerprint density at radius 2 is 1.66 bits per heavy atom. The number of benzene rings is 2. The van der Waals surface area contributed by atoms with Crippen LogP contribution in [0.3, 0.4) is 0 Å². The first kappa shape index (κ1) is 21.2. The maximum Gasteiger partial charge on any atom is 0.253 e. The Labute approximate surface area is 168 Å². The summed E-state index contributed by atoms with van der Waals surface area (Å²) in [5, 5.41) is 0. The van der Waals surface area contributed by atoms with Gasteiger partial charge in [0.25, 0.3) is 5.91 Å². The fraction of sp³-hybridized carbons (Fsp3) is 0.350. The van der Waals surface area contributed by atoms with Gasteiger partial charge in [0.05, 0.1) is 4.90 Å². The Morgan fingerprint density at radius 1 is 1.03 bits per heavy atom. The second-order valence-electron chi connectivity index (χ2n) is 7.00. The summed E-state index contributed by atoms with van der Waals surface area (Å²) < 4.78 is 57.3. The Morgan fingerprint density at radius 3 is 2.21 bits per heavy atom. The highest BCUT2D eigenvalue weighted by atomic mass is 32.2. The number of carbonyl (C=O) groups excluding carboxylic acids is 1. The molecule has 0 unspecified atom stereocenters. The van der Waals surface area contributed by atoms with E-state index in [1.807, 2.05) is 0 Å². The van der Waals surface area contributed by atoms with Crippen LogP contribution in [0.4, 0.5) is 8.78 Å². The van der Waals surface area contributed by atoms with Crippen molar-refractivity contribution in [3.63, 3.8) is 0 Å². The Kier molecular flexibility index (Phi) is 6.18. The van der Waals surface area contributed by atoms with Gasteiger partial charge in [-0.15, -0.1) is 0 Å². The molecular weight excluding hydrogens is 402 g/mol. The van der Waals surface area contributed by atoms with Gasteiger partial charge in [0, 0.05) is 51.7 Å². The van der Waals surface area contributed by atoms with Crippen molar-refractivity contribution in [3.05, 3.63) is 59.7 Å². The molecule has 0 atom stereocenters. The van der Waals surface area contributed by atoms with Crippen LogP contribution in [0, 0.1) is 11.6 Å². The summed E-state index contributed by atoms with van der Waals surface area (Å²) in [6, 6.07) is 9.24. The molecule has 2 aromatic rings. The molecule has 2 aromatic carbocycles. The van der Waals surface area contributed by atoms with Crippen molar-refractivity contribution in [2.45, 2.75) is 23.8 Å². The summed E-state index contributed by atoms with van der Waals surface area (Å²) in [7, 11) is -0.655. The van der Waals surface area contributed by atoms with Gasteiger partial charge in [-0.25, -0.2) is 21.5 Å². The monoisotopic (exact) mass is 424 g/mol. The summed E-state index contributed by atoms with van der Waals surface area (Å²) >= 11 is 0. The first-order valence-electron chi connectivity index (χ1n) is 9.12. The van der Waals surface area contributed by atoms with Crippen molar-refractivity contribution in [1.29, 1.82) is 0 Å². The average Bonchev–Trinajstić information content (AvgIpc) is 2.71. The van der Waals surface area contributed by atoms with E-state index >= 15 is 0 Å². The van der Waals surface area contributed by atoms with E-state index in [4.69, 9.17) is 4.74 Å². The third-order valence-corrected chi connectivity index (χ3v) is 6.63. The molecule has 0 saturated carbocycles. The molecule has 3 rings (SSSR count). The third-order valence-electron chi connectivity index (χ3n) is 4.80. The van der Waals surface area contributed by atoms with Crippen molar-refractivity contribution >= 4 is 15.9 Å². The highest BCUT2D eigenvalue weighted by Crippen LogP contribution is 2.22.